The Bertz CT molecular complexity index is 772. The predicted molar refractivity (Wildman–Crippen MR) is 133 cm³/mol. The van der Waals surface area contributed by atoms with Crippen LogP contribution in [-0.2, 0) is 47.5 Å². The Hall–Kier alpha value is 0.1000. The average molecular weight is 711 g/mol. The highest BCUT2D eigenvalue weighted by Crippen LogP contribution is 2.45. The quantitative estimate of drug-likeness (QED) is 0.334. The number of hydrogen-bond acceptors (Lipinski definition) is 11. The number of esters is 2. The van der Waals surface area contributed by atoms with Gasteiger partial charge in [-0.25, -0.2) is 0 Å². The fourth-order valence-corrected chi connectivity index (χ4v) is 6.72. The fraction of sp³-hybridized carbons (Fsp3) is 0.909. The molecule has 6 aliphatic rings. The van der Waals surface area contributed by atoms with Crippen LogP contribution < -0.4 is 0 Å². The van der Waals surface area contributed by atoms with Crippen molar-refractivity contribution in [2.75, 3.05) is 39.6 Å². The van der Waals surface area contributed by atoms with E-state index in [4.69, 9.17) is 37.9 Å². The lowest BCUT2D eigenvalue weighted by molar-refractivity contribution is -0.148. The van der Waals surface area contributed by atoms with Crippen LogP contribution in [0.5, 0.6) is 0 Å². The monoisotopic (exact) mass is 708 g/mol. The van der Waals surface area contributed by atoms with E-state index in [2.05, 4.69) is 47.8 Å². The Labute approximate surface area is 234 Å². The smallest absolute Gasteiger partial charge is 0.303 e. The molecule has 0 aromatic carbocycles. The predicted octanol–water partition coefficient (Wildman–Crippen LogP) is 1.91. The maximum atomic E-state index is 10.8. The Kier molecular flexibility index (Phi) is 9.44. The van der Waals surface area contributed by atoms with Gasteiger partial charge in [-0.1, -0.05) is 47.8 Å². The van der Waals surface area contributed by atoms with E-state index in [-0.39, 0.29) is 56.0 Å². The highest BCUT2D eigenvalue weighted by atomic mass is 79.9. The highest BCUT2D eigenvalue weighted by molar-refractivity contribution is 9.10. The zero-order valence-electron chi connectivity index (χ0n) is 20.0. The van der Waals surface area contributed by atoms with E-state index in [1.807, 2.05) is 0 Å². The molecule has 1 N–H and O–H groups in total. The molecule has 9 atom stereocenters. The average Bonchev–Trinajstić information content (AvgIpc) is 3.61. The SMILES string of the molecule is CC(=O)O[C@H]1CO[C@H]2OCC[C@]21Br.CC(=O)O[C@H]1CO[C@H]2OCC[C@]21Br.O[C@@H]1CO[C@@H]2OCC[C@@]21Br. The lowest BCUT2D eigenvalue weighted by Gasteiger charge is -2.24. The summed E-state index contributed by atoms with van der Waals surface area (Å²) in [6.07, 6.45) is 0.829. The molecule has 0 aliphatic carbocycles. The summed E-state index contributed by atoms with van der Waals surface area (Å²) in [7, 11) is 0. The normalized spacial score (nSPS) is 46.1. The molecule has 0 saturated carbocycles. The molecule has 0 spiro atoms. The Morgan fingerprint density at radius 3 is 1.42 bits per heavy atom. The van der Waals surface area contributed by atoms with Gasteiger partial charge in [0.1, 0.15) is 25.2 Å². The number of carbonyl (C=O) groups is 2. The Morgan fingerprint density at radius 2 is 1.03 bits per heavy atom. The summed E-state index contributed by atoms with van der Waals surface area (Å²) in [5, 5.41) is 9.41. The van der Waals surface area contributed by atoms with Gasteiger partial charge in [0, 0.05) is 13.8 Å². The summed E-state index contributed by atoms with van der Waals surface area (Å²) in [6, 6.07) is 0. The molecule has 0 unspecified atom stereocenters. The van der Waals surface area contributed by atoms with E-state index >= 15 is 0 Å². The minimum absolute atomic E-state index is 0.225. The second kappa shape index (κ2) is 11.7. The molecule has 6 rings (SSSR count). The maximum absolute atomic E-state index is 10.8. The number of carbonyl (C=O) groups excluding carboxylic acids is 2. The van der Waals surface area contributed by atoms with Crippen molar-refractivity contribution in [3.63, 3.8) is 0 Å². The first-order valence-electron chi connectivity index (χ1n) is 11.8. The van der Waals surface area contributed by atoms with Crippen LogP contribution >= 0.6 is 47.8 Å². The largest absolute Gasteiger partial charge is 0.458 e. The molecule has 0 radical (unpaired) electrons. The first-order chi connectivity index (χ1) is 17.0. The van der Waals surface area contributed by atoms with Crippen molar-refractivity contribution in [3.8, 4) is 0 Å². The molecule has 0 amide bonds. The standard InChI is InChI=1S/2C8H11BrO4.C6H9BrO3/c2*1-5(10)13-6-4-12-7-8(6,9)2-3-11-7;7-6-1-2-9-5(6)10-3-4(6)8/h2*6-7H,2-4H2,1H3;4-5,8H,1-3H2/t2*6-,7+,8+;4-,5+,6+/m001/s1. The molecule has 11 nitrogen and oxygen atoms in total. The zero-order chi connectivity index (χ0) is 26.1. The first-order valence-corrected chi connectivity index (χ1v) is 14.2. The lowest BCUT2D eigenvalue weighted by Crippen LogP contribution is -2.39. The van der Waals surface area contributed by atoms with Crippen molar-refractivity contribution in [1.82, 2.24) is 0 Å². The van der Waals surface area contributed by atoms with Crippen molar-refractivity contribution in [3.05, 3.63) is 0 Å². The van der Waals surface area contributed by atoms with Crippen LogP contribution in [0, 0.1) is 0 Å². The van der Waals surface area contributed by atoms with Gasteiger partial charge in [-0.3, -0.25) is 9.59 Å². The van der Waals surface area contributed by atoms with Crippen molar-refractivity contribution >= 4 is 59.7 Å². The number of ether oxygens (including phenoxy) is 8. The van der Waals surface area contributed by atoms with E-state index in [0.29, 0.717) is 39.6 Å². The molecule has 206 valence electrons. The summed E-state index contributed by atoms with van der Waals surface area (Å²) < 4.78 is 41.1. The van der Waals surface area contributed by atoms with E-state index in [1.165, 1.54) is 13.8 Å². The van der Waals surface area contributed by atoms with Gasteiger partial charge in [-0.15, -0.1) is 0 Å². The van der Waals surface area contributed by atoms with Crippen LogP contribution in [0.15, 0.2) is 0 Å². The van der Waals surface area contributed by atoms with E-state index in [9.17, 15) is 14.7 Å². The summed E-state index contributed by atoms with van der Waals surface area (Å²) in [4.78, 5) is 21.6. The topological polar surface area (TPSA) is 128 Å². The summed E-state index contributed by atoms with van der Waals surface area (Å²) in [5.41, 5.74) is 0. The highest BCUT2D eigenvalue weighted by Gasteiger charge is 2.57. The van der Waals surface area contributed by atoms with Crippen molar-refractivity contribution < 1.29 is 52.6 Å². The Morgan fingerprint density at radius 1 is 0.667 bits per heavy atom. The van der Waals surface area contributed by atoms with E-state index < -0.39 is 6.10 Å². The number of aliphatic hydroxyl groups is 1. The molecular weight excluding hydrogens is 680 g/mol. The van der Waals surface area contributed by atoms with Crippen molar-refractivity contribution in [2.45, 2.75) is 83.3 Å². The molecular formula is C22H31Br3O11. The van der Waals surface area contributed by atoms with Gasteiger partial charge in [0.15, 0.2) is 18.9 Å². The zero-order valence-corrected chi connectivity index (χ0v) is 24.7. The molecule has 36 heavy (non-hydrogen) atoms. The van der Waals surface area contributed by atoms with Gasteiger partial charge in [0.2, 0.25) is 0 Å². The molecule has 6 saturated heterocycles. The fourth-order valence-electron chi connectivity index (χ4n) is 4.85. The number of aliphatic hydroxyl groups excluding tert-OH is 1. The summed E-state index contributed by atoms with van der Waals surface area (Å²) >= 11 is 10.5. The number of hydrogen-bond donors (Lipinski definition) is 1. The van der Waals surface area contributed by atoms with Gasteiger partial charge in [0.25, 0.3) is 0 Å². The number of halogens is 3. The molecule has 6 heterocycles. The molecule has 0 aromatic rings. The first kappa shape index (κ1) is 29.1. The van der Waals surface area contributed by atoms with Crippen LogP contribution in [-0.4, -0.2) is 107 Å². The minimum atomic E-state index is -0.417. The third-order valence-corrected chi connectivity index (χ3v) is 10.7. The van der Waals surface area contributed by atoms with Crippen molar-refractivity contribution in [2.24, 2.45) is 0 Å². The molecule has 6 aliphatic heterocycles. The second-order valence-corrected chi connectivity index (χ2v) is 13.8. The van der Waals surface area contributed by atoms with Gasteiger partial charge in [-0.2, -0.15) is 0 Å². The summed E-state index contributed by atoms with van der Waals surface area (Å²) in [6.45, 7) is 5.98. The van der Waals surface area contributed by atoms with Crippen LogP contribution in [0.1, 0.15) is 33.1 Å². The molecule has 0 aromatic heterocycles. The third kappa shape index (κ3) is 5.82. The van der Waals surface area contributed by atoms with E-state index in [0.717, 1.165) is 19.3 Å². The molecule has 0 bridgehead atoms. The molecule has 6 fully saturated rings. The van der Waals surface area contributed by atoms with Gasteiger partial charge in [-0.05, 0) is 19.3 Å². The minimum Gasteiger partial charge on any atom is -0.458 e. The van der Waals surface area contributed by atoms with Crippen LogP contribution in [0.3, 0.4) is 0 Å². The van der Waals surface area contributed by atoms with E-state index in [1.54, 1.807) is 0 Å². The van der Waals surface area contributed by atoms with Crippen LogP contribution in [0.4, 0.5) is 0 Å². The number of alkyl halides is 3. The molecule has 14 heteroatoms. The maximum Gasteiger partial charge on any atom is 0.303 e. The number of fused-ring (bicyclic) bond motifs is 3. The van der Waals surface area contributed by atoms with Gasteiger partial charge < -0.3 is 43.0 Å². The van der Waals surface area contributed by atoms with Crippen LogP contribution in [0.25, 0.3) is 0 Å². The summed E-state index contributed by atoms with van der Waals surface area (Å²) in [5.74, 6) is -0.556. The van der Waals surface area contributed by atoms with Crippen LogP contribution in [0.2, 0.25) is 0 Å². The Balaban J connectivity index is 0.000000128. The van der Waals surface area contributed by atoms with Crippen molar-refractivity contribution in [1.29, 1.82) is 0 Å². The van der Waals surface area contributed by atoms with Gasteiger partial charge in [0.05, 0.1) is 45.7 Å². The van der Waals surface area contributed by atoms with Gasteiger partial charge >= 0.3 is 11.9 Å². The third-order valence-electron chi connectivity index (χ3n) is 6.88. The second-order valence-electron chi connectivity index (χ2n) is 9.35. The lowest BCUT2D eigenvalue weighted by atomic mass is 10.0. The number of rotatable bonds is 2.